The van der Waals surface area contributed by atoms with Gasteiger partial charge in [-0.1, -0.05) is 188 Å². The van der Waals surface area contributed by atoms with Gasteiger partial charge in [-0.15, -0.1) is 0 Å². The van der Waals surface area contributed by atoms with Crippen molar-refractivity contribution in [1.29, 1.82) is 0 Å². The van der Waals surface area contributed by atoms with Crippen LogP contribution in [-0.2, 0) is 0 Å². The normalized spacial score (nSPS) is 12.1. The molecule has 6 heteroatoms. The fourth-order valence-electron chi connectivity index (χ4n) is 14.6. The Balaban J connectivity index is 0.769. The first-order valence-electron chi connectivity index (χ1n) is 30.1. The van der Waals surface area contributed by atoms with Crippen molar-refractivity contribution < 1.29 is 0 Å². The summed E-state index contributed by atoms with van der Waals surface area (Å²) in [6, 6.07) is 111. The average Bonchev–Trinajstić information content (AvgIpc) is 1.59. The number of para-hydroxylation sites is 6. The van der Waals surface area contributed by atoms with E-state index in [1.807, 2.05) is 0 Å². The first-order valence-corrected chi connectivity index (χ1v) is 30.1. The van der Waals surface area contributed by atoms with Crippen LogP contribution in [-0.4, -0.2) is 28.2 Å². The van der Waals surface area contributed by atoms with Crippen molar-refractivity contribution in [2.24, 2.45) is 0 Å². The lowest BCUT2D eigenvalue weighted by molar-refractivity contribution is 1.08. The second-order valence-corrected chi connectivity index (χ2v) is 23.2. The minimum absolute atomic E-state index is 0.669. The Morgan fingerprint density at radius 2 is 0.591 bits per heavy atom. The lowest BCUT2D eigenvalue weighted by Crippen LogP contribution is -2.04. The minimum Gasteiger partial charge on any atom is -0.309 e. The van der Waals surface area contributed by atoms with Crippen LogP contribution < -0.4 is 0 Å². The van der Waals surface area contributed by atoms with Crippen molar-refractivity contribution in [2.75, 3.05) is 0 Å². The molecule has 0 bridgehead atoms. The van der Waals surface area contributed by atoms with Crippen molar-refractivity contribution in [1.82, 2.24) is 28.2 Å². The molecule has 0 aliphatic rings. The van der Waals surface area contributed by atoms with E-state index in [0.29, 0.717) is 5.82 Å². The van der Waals surface area contributed by atoms with Gasteiger partial charge in [0, 0.05) is 76.2 Å². The lowest BCUT2D eigenvalue weighted by Gasteiger charge is -2.17. The van der Waals surface area contributed by atoms with Gasteiger partial charge in [-0.3, -0.25) is 4.57 Å². The van der Waals surface area contributed by atoms with E-state index in [2.05, 4.69) is 322 Å². The highest BCUT2D eigenvalue weighted by Crippen LogP contribution is 2.44. The number of hydrogen-bond acceptors (Lipinski definition) is 2. The van der Waals surface area contributed by atoms with E-state index < -0.39 is 0 Å². The maximum atomic E-state index is 5.77. The summed E-state index contributed by atoms with van der Waals surface area (Å²) in [5, 5.41) is 15.1. The van der Waals surface area contributed by atoms with Crippen molar-refractivity contribution in [3.05, 3.63) is 303 Å². The first-order chi connectivity index (χ1) is 43.7. The third kappa shape index (κ3) is 7.11. The molecule has 0 aliphatic carbocycles. The molecule has 0 N–H and O–H groups in total. The monoisotopic (exact) mass is 1120 g/mol. The summed E-state index contributed by atoms with van der Waals surface area (Å²) in [5.74, 6) is 1.51. The predicted molar refractivity (Wildman–Crippen MR) is 368 cm³/mol. The Morgan fingerprint density at radius 1 is 0.216 bits per heavy atom. The van der Waals surface area contributed by atoms with E-state index in [1.165, 1.54) is 71.1 Å². The molecule has 5 heterocycles. The van der Waals surface area contributed by atoms with Crippen LogP contribution >= 0.6 is 0 Å². The van der Waals surface area contributed by atoms with Crippen LogP contribution in [0, 0.1) is 0 Å². The van der Waals surface area contributed by atoms with Crippen LogP contribution in [0.2, 0.25) is 0 Å². The lowest BCUT2D eigenvalue weighted by atomic mass is 10.00. The maximum Gasteiger partial charge on any atom is 0.162 e. The van der Waals surface area contributed by atoms with Gasteiger partial charge in [0.1, 0.15) is 5.82 Å². The molecule has 6 nitrogen and oxygen atoms in total. The van der Waals surface area contributed by atoms with Crippen LogP contribution in [0.1, 0.15) is 0 Å². The molecule has 0 saturated heterocycles. The summed E-state index contributed by atoms with van der Waals surface area (Å²) < 4.78 is 9.58. The van der Waals surface area contributed by atoms with Gasteiger partial charge in [-0.25, -0.2) is 9.97 Å². The van der Waals surface area contributed by atoms with Crippen molar-refractivity contribution in [3.63, 3.8) is 0 Å². The first kappa shape index (κ1) is 48.5. The van der Waals surface area contributed by atoms with Crippen molar-refractivity contribution >= 4 is 120 Å². The summed E-state index contributed by atoms with van der Waals surface area (Å²) in [4.78, 5) is 11.4. The highest BCUT2D eigenvalue weighted by atomic mass is 15.1. The molecule has 14 aromatic carbocycles. The summed E-state index contributed by atoms with van der Waals surface area (Å²) in [6.45, 7) is 0. The quantitative estimate of drug-likeness (QED) is 0.149. The number of nitrogens with zero attached hydrogens (tertiary/aromatic N) is 6. The third-order valence-electron chi connectivity index (χ3n) is 18.6. The van der Waals surface area contributed by atoms with E-state index in [9.17, 15) is 0 Å². The number of benzene rings is 14. The van der Waals surface area contributed by atoms with Crippen molar-refractivity contribution in [3.8, 4) is 56.5 Å². The van der Waals surface area contributed by atoms with Gasteiger partial charge in [-0.05, 0) is 148 Å². The molecule has 0 unspecified atom stereocenters. The Bertz CT molecular complexity index is 6120. The predicted octanol–water partition coefficient (Wildman–Crippen LogP) is 21.3. The molecule has 0 spiro atoms. The summed E-state index contributed by atoms with van der Waals surface area (Å²) in [5.41, 5.74) is 19.2. The van der Waals surface area contributed by atoms with Gasteiger partial charge in [0.15, 0.2) is 5.82 Å². The van der Waals surface area contributed by atoms with Gasteiger partial charge in [-0.2, -0.15) is 0 Å². The number of aromatic nitrogens is 6. The largest absolute Gasteiger partial charge is 0.309 e. The molecule has 0 radical (unpaired) electrons. The zero-order chi connectivity index (χ0) is 57.6. The van der Waals surface area contributed by atoms with E-state index in [-0.39, 0.29) is 0 Å². The van der Waals surface area contributed by atoms with Crippen LogP contribution in [0.25, 0.3) is 176 Å². The molecule has 0 atom stereocenters. The van der Waals surface area contributed by atoms with Crippen LogP contribution in [0.15, 0.2) is 303 Å². The smallest absolute Gasteiger partial charge is 0.162 e. The molecule has 5 aromatic heterocycles. The van der Waals surface area contributed by atoms with E-state index in [4.69, 9.17) is 9.97 Å². The van der Waals surface area contributed by atoms with Gasteiger partial charge in [0.05, 0.1) is 55.3 Å². The average molecular weight is 1120 g/mol. The molecular weight excluding hydrogens is 1070 g/mol. The molecule has 19 rings (SSSR count). The SMILES string of the molecule is c1ccc(-n2c3ccccc3c3cc(-c4ccc5c(c4)c4ccccc4n5-c4ccc(-c5nc(-n6c7ccccc7c7cc(-c8ccc9c(c8)c8ccccc8n9-c8ccccc8)ccc76)c6ccc7ccccc7c6n5)c5ccccc45)ccc32)cc1. The second kappa shape index (κ2) is 18.8. The highest BCUT2D eigenvalue weighted by Gasteiger charge is 2.24. The molecule has 88 heavy (non-hydrogen) atoms. The molecule has 0 fully saturated rings. The molecule has 0 aliphatic heterocycles. The summed E-state index contributed by atoms with van der Waals surface area (Å²) in [7, 11) is 0. The van der Waals surface area contributed by atoms with Crippen LogP contribution in [0.4, 0.5) is 0 Å². The highest BCUT2D eigenvalue weighted by molar-refractivity contribution is 6.17. The van der Waals surface area contributed by atoms with Crippen LogP contribution in [0.3, 0.4) is 0 Å². The van der Waals surface area contributed by atoms with Gasteiger partial charge in [0.2, 0.25) is 0 Å². The second-order valence-electron chi connectivity index (χ2n) is 23.2. The zero-order valence-electron chi connectivity index (χ0n) is 47.6. The van der Waals surface area contributed by atoms with Crippen molar-refractivity contribution in [2.45, 2.75) is 0 Å². The number of hydrogen-bond donors (Lipinski definition) is 0. The van der Waals surface area contributed by atoms with Gasteiger partial charge >= 0.3 is 0 Å². The third-order valence-corrected chi connectivity index (χ3v) is 18.6. The molecular formula is C82H50N6. The molecule has 408 valence electrons. The Kier molecular flexibility index (Phi) is 10.4. The maximum absolute atomic E-state index is 5.77. The fraction of sp³-hybridized carbons (Fsp3) is 0. The summed E-state index contributed by atoms with van der Waals surface area (Å²) in [6.07, 6.45) is 0. The standard InChI is InChI=1S/C82H50N6/c1-3-20-56(21-4-1)85-71-31-15-11-27-61(71)67-47-52(36-42-76(67)85)54-38-44-78-69(49-54)63-29-13-17-33-73(63)87(78)75-46-41-65(59-25-9-10-26-60(59)75)81-83-80-58-24-8-7-19-51(58)35-40-66(80)82(84-81)88-74-34-18-14-30-64(74)70-50-55(39-45-79(70)88)53-37-43-77-68(48-53)62-28-12-16-32-72(62)86(77)57-22-5-2-6-23-57/h1-50H. The number of fused-ring (bicyclic) bond motifs is 16. The van der Waals surface area contributed by atoms with Gasteiger partial charge in [0.25, 0.3) is 0 Å². The Hall–Kier alpha value is -11.9. The van der Waals surface area contributed by atoms with E-state index in [1.54, 1.807) is 0 Å². The zero-order valence-corrected chi connectivity index (χ0v) is 47.6. The summed E-state index contributed by atoms with van der Waals surface area (Å²) >= 11 is 0. The molecule has 19 aromatic rings. The fourth-order valence-corrected chi connectivity index (χ4v) is 14.6. The molecule has 0 saturated carbocycles. The Morgan fingerprint density at radius 3 is 1.09 bits per heavy atom. The van der Waals surface area contributed by atoms with E-state index >= 15 is 0 Å². The molecule has 0 amide bonds. The van der Waals surface area contributed by atoms with E-state index in [0.717, 1.165) is 99.3 Å². The Labute approximate surface area is 504 Å². The van der Waals surface area contributed by atoms with Gasteiger partial charge < -0.3 is 13.7 Å². The topological polar surface area (TPSA) is 45.5 Å². The number of rotatable bonds is 7. The minimum atomic E-state index is 0.669. The van der Waals surface area contributed by atoms with Crippen LogP contribution in [0.5, 0.6) is 0 Å².